The quantitative estimate of drug-likeness (QED) is 0.881. The van der Waals surface area contributed by atoms with Crippen LogP contribution in [-0.4, -0.2) is 23.7 Å². The van der Waals surface area contributed by atoms with Crippen LogP contribution in [0.2, 0.25) is 0 Å². The van der Waals surface area contributed by atoms with Crippen molar-refractivity contribution in [1.82, 2.24) is 5.32 Å². The minimum atomic E-state index is -0.182. The van der Waals surface area contributed by atoms with Gasteiger partial charge in [0.05, 0.1) is 17.5 Å². The highest BCUT2D eigenvalue weighted by Gasteiger charge is 2.17. The van der Waals surface area contributed by atoms with E-state index in [-0.39, 0.29) is 18.6 Å². The monoisotopic (exact) mass is 275 g/mol. The Morgan fingerprint density at radius 2 is 2.05 bits per heavy atom. The molecule has 0 unspecified atom stereocenters. The number of rotatable bonds is 5. The first-order valence-corrected chi connectivity index (χ1v) is 7.18. The first-order chi connectivity index (χ1) is 9.26. The molecule has 1 heterocycles. The van der Waals surface area contributed by atoms with Crippen LogP contribution in [0.15, 0.2) is 41.8 Å². The second-order valence-corrected chi connectivity index (χ2v) is 5.21. The molecule has 0 aliphatic heterocycles. The number of nitrogens with one attached hydrogen (secondary N) is 1. The second kappa shape index (κ2) is 6.50. The van der Waals surface area contributed by atoms with E-state index >= 15 is 0 Å². The second-order valence-electron chi connectivity index (χ2n) is 4.29. The van der Waals surface area contributed by atoms with Crippen molar-refractivity contribution in [2.24, 2.45) is 0 Å². The lowest BCUT2D eigenvalue weighted by molar-refractivity contribution is 0.0919. The molecule has 19 heavy (non-hydrogen) atoms. The highest BCUT2D eigenvalue weighted by atomic mass is 32.1. The molecule has 1 atom stereocenters. The van der Waals surface area contributed by atoms with E-state index in [4.69, 9.17) is 5.11 Å². The molecule has 0 spiro atoms. The number of carbonyl (C=O) groups excluding carboxylic acids is 1. The van der Waals surface area contributed by atoms with Crippen LogP contribution in [0.5, 0.6) is 0 Å². The third-order valence-corrected chi connectivity index (χ3v) is 3.92. The van der Waals surface area contributed by atoms with Gasteiger partial charge in [0.25, 0.3) is 5.91 Å². The Morgan fingerprint density at radius 3 is 2.68 bits per heavy atom. The fraction of sp³-hybridized carbons (Fsp3) is 0.267. The van der Waals surface area contributed by atoms with Crippen molar-refractivity contribution in [3.05, 3.63) is 46.7 Å². The van der Waals surface area contributed by atoms with E-state index < -0.39 is 0 Å². The predicted molar refractivity (Wildman–Crippen MR) is 78.4 cm³/mol. The van der Waals surface area contributed by atoms with Crippen molar-refractivity contribution < 1.29 is 9.90 Å². The molecule has 0 radical (unpaired) electrons. The first kappa shape index (κ1) is 13.8. The highest BCUT2D eigenvalue weighted by molar-refractivity contribution is 7.12. The molecular weight excluding hydrogens is 258 g/mol. The van der Waals surface area contributed by atoms with E-state index in [9.17, 15) is 4.79 Å². The summed E-state index contributed by atoms with van der Waals surface area (Å²) in [6.07, 6.45) is 0.717. The van der Waals surface area contributed by atoms with Gasteiger partial charge >= 0.3 is 0 Å². The molecule has 0 bridgehead atoms. The number of hydrogen-bond donors (Lipinski definition) is 2. The van der Waals surface area contributed by atoms with Gasteiger partial charge in [0.2, 0.25) is 0 Å². The maximum atomic E-state index is 12.2. The molecule has 1 aromatic carbocycles. The van der Waals surface area contributed by atoms with Gasteiger partial charge in [0.15, 0.2) is 0 Å². The van der Waals surface area contributed by atoms with Gasteiger partial charge in [-0.2, -0.15) is 0 Å². The minimum Gasteiger partial charge on any atom is -0.394 e. The lowest BCUT2D eigenvalue weighted by Crippen LogP contribution is -2.36. The maximum absolute atomic E-state index is 12.2. The average Bonchev–Trinajstić information content (AvgIpc) is 2.95. The Bertz CT molecular complexity index is 532. The molecule has 2 N–H and O–H groups in total. The van der Waals surface area contributed by atoms with Crippen LogP contribution >= 0.6 is 11.3 Å². The van der Waals surface area contributed by atoms with E-state index in [2.05, 4.69) is 5.32 Å². The zero-order valence-corrected chi connectivity index (χ0v) is 11.6. The number of hydrogen-bond acceptors (Lipinski definition) is 3. The topological polar surface area (TPSA) is 49.3 Å². The molecule has 4 heteroatoms. The number of amides is 1. The van der Waals surface area contributed by atoms with E-state index in [0.29, 0.717) is 11.3 Å². The van der Waals surface area contributed by atoms with E-state index in [0.717, 1.165) is 11.1 Å². The molecule has 0 aliphatic carbocycles. The molecule has 2 rings (SSSR count). The largest absolute Gasteiger partial charge is 0.394 e. The van der Waals surface area contributed by atoms with Crippen molar-refractivity contribution in [2.45, 2.75) is 19.4 Å². The Kier molecular flexibility index (Phi) is 4.71. The standard InChI is InChI=1S/C15H17NO2S/c1-2-12(10-17)16-15(18)14-13(8-9-19-14)11-6-4-3-5-7-11/h3-9,12,17H,2,10H2,1H3,(H,16,18)/t12-/m1/s1. The number of thiophene rings is 1. The van der Waals surface area contributed by atoms with Gasteiger partial charge in [-0.3, -0.25) is 4.79 Å². The summed E-state index contributed by atoms with van der Waals surface area (Å²) in [5.74, 6) is -0.116. The Morgan fingerprint density at radius 1 is 1.32 bits per heavy atom. The van der Waals surface area contributed by atoms with Crippen molar-refractivity contribution in [3.63, 3.8) is 0 Å². The van der Waals surface area contributed by atoms with E-state index in [1.54, 1.807) is 0 Å². The maximum Gasteiger partial charge on any atom is 0.262 e. The van der Waals surface area contributed by atoms with Crippen molar-refractivity contribution in [1.29, 1.82) is 0 Å². The summed E-state index contributed by atoms with van der Waals surface area (Å²) in [4.78, 5) is 12.9. The molecular formula is C15H17NO2S. The van der Waals surface area contributed by atoms with Gasteiger partial charge in [0.1, 0.15) is 0 Å². The molecule has 1 amide bonds. The first-order valence-electron chi connectivity index (χ1n) is 6.31. The zero-order valence-electron chi connectivity index (χ0n) is 10.8. The Hall–Kier alpha value is -1.65. The highest BCUT2D eigenvalue weighted by Crippen LogP contribution is 2.28. The number of carbonyl (C=O) groups is 1. The van der Waals surface area contributed by atoms with Crippen LogP contribution in [0, 0.1) is 0 Å². The molecule has 100 valence electrons. The summed E-state index contributed by atoms with van der Waals surface area (Å²) in [5, 5.41) is 13.9. The van der Waals surface area contributed by atoms with Gasteiger partial charge in [-0.05, 0) is 23.4 Å². The number of aliphatic hydroxyl groups is 1. The summed E-state index contributed by atoms with van der Waals surface area (Å²) in [6.45, 7) is 1.90. The van der Waals surface area contributed by atoms with E-state index in [1.807, 2.05) is 48.7 Å². The Labute approximate surface area is 116 Å². The number of benzene rings is 1. The summed E-state index contributed by atoms with van der Waals surface area (Å²) in [6, 6.07) is 11.6. The molecule has 0 fully saturated rings. The normalized spacial score (nSPS) is 12.1. The fourth-order valence-corrected chi connectivity index (χ4v) is 2.68. The molecule has 0 saturated carbocycles. The van der Waals surface area contributed by atoms with Crippen LogP contribution in [0.3, 0.4) is 0 Å². The molecule has 0 saturated heterocycles. The number of aliphatic hydroxyl groups excluding tert-OH is 1. The van der Waals surface area contributed by atoms with Gasteiger partial charge in [-0.25, -0.2) is 0 Å². The van der Waals surface area contributed by atoms with Crippen molar-refractivity contribution in [2.75, 3.05) is 6.61 Å². The van der Waals surface area contributed by atoms with Gasteiger partial charge < -0.3 is 10.4 Å². The third-order valence-electron chi connectivity index (χ3n) is 3.00. The average molecular weight is 275 g/mol. The lowest BCUT2D eigenvalue weighted by atomic mass is 10.1. The summed E-state index contributed by atoms with van der Waals surface area (Å²) in [7, 11) is 0. The van der Waals surface area contributed by atoms with Gasteiger partial charge in [-0.1, -0.05) is 37.3 Å². The molecule has 1 aromatic heterocycles. The van der Waals surface area contributed by atoms with Crippen LogP contribution in [0.1, 0.15) is 23.0 Å². The molecule has 2 aromatic rings. The Balaban J connectivity index is 2.23. The minimum absolute atomic E-state index is 0.0334. The van der Waals surface area contributed by atoms with E-state index in [1.165, 1.54) is 11.3 Å². The summed E-state index contributed by atoms with van der Waals surface area (Å²) < 4.78 is 0. The predicted octanol–water partition coefficient (Wildman–Crippen LogP) is 2.92. The SMILES string of the molecule is CC[C@H](CO)NC(=O)c1sccc1-c1ccccc1. The van der Waals surface area contributed by atoms with Gasteiger partial charge in [0, 0.05) is 5.56 Å². The van der Waals surface area contributed by atoms with Crippen LogP contribution in [-0.2, 0) is 0 Å². The van der Waals surface area contributed by atoms with Crippen LogP contribution in [0.4, 0.5) is 0 Å². The summed E-state index contributed by atoms with van der Waals surface area (Å²) in [5.41, 5.74) is 1.97. The smallest absolute Gasteiger partial charge is 0.262 e. The molecule has 0 aliphatic rings. The van der Waals surface area contributed by atoms with Crippen LogP contribution < -0.4 is 5.32 Å². The molecule has 3 nitrogen and oxygen atoms in total. The van der Waals surface area contributed by atoms with Crippen molar-refractivity contribution >= 4 is 17.2 Å². The lowest BCUT2D eigenvalue weighted by Gasteiger charge is -2.14. The van der Waals surface area contributed by atoms with Crippen molar-refractivity contribution in [3.8, 4) is 11.1 Å². The zero-order chi connectivity index (χ0) is 13.7. The third kappa shape index (κ3) is 3.22. The fourth-order valence-electron chi connectivity index (χ4n) is 1.86. The van der Waals surface area contributed by atoms with Gasteiger partial charge in [-0.15, -0.1) is 11.3 Å². The summed E-state index contributed by atoms with van der Waals surface area (Å²) >= 11 is 1.42. The van der Waals surface area contributed by atoms with Crippen LogP contribution in [0.25, 0.3) is 11.1 Å².